The van der Waals surface area contributed by atoms with Crippen LogP contribution in [0.3, 0.4) is 0 Å². The van der Waals surface area contributed by atoms with Crippen LogP contribution in [0.25, 0.3) is 0 Å². The average Bonchev–Trinajstić information content (AvgIpc) is 2.85. The summed E-state index contributed by atoms with van der Waals surface area (Å²) in [5.74, 6) is -2.47. The molecule has 0 radical (unpaired) electrons. The minimum atomic E-state index is -0.778. The fourth-order valence-electron chi connectivity index (χ4n) is 2.83. The third-order valence-electron chi connectivity index (χ3n) is 5.10. The van der Waals surface area contributed by atoms with Gasteiger partial charge in [0.25, 0.3) is 5.69 Å². The van der Waals surface area contributed by atoms with Crippen molar-refractivity contribution < 1.29 is 38.4 Å². The first-order valence-corrected chi connectivity index (χ1v) is 11.4. The highest BCUT2D eigenvalue weighted by molar-refractivity contribution is 6.00. The molecule has 196 valence electrons. The van der Waals surface area contributed by atoms with E-state index in [1.807, 2.05) is 0 Å². The number of carbonyl (C=O) groups excluding carboxylic acids is 5. The summed E-state index contributed by atoms with van der Waals surface area (Å²) in [6, 6.07) is 10.9. The molecule has 0 aliphatic heterocycles. The quantitative estimate of drug-likeness (QED) is 0.192. The number of nitro groups is 1. The van der Waals surface area contributed by atoms with E-state index < -0.39 is 34.7 Å². The van der Waals surface area contributed by atoms with Crippen molar-refractivity contribution in [2.24, 2.45) is 5.41 Å². The number of rotatable bonds is 12. The molecular weight excluding hydrogens is 484 g/mol. The topological polar surface area (TPSA) is 159 Å². The second kappa shape index (κ2) is 13.1. The first-order valence-electron chi connectivity index (χ1n) is 11.4. The van der Waals surface area contributed by atoms with E-state index in [1.54, 1.807) is 20.8 Å². The second-order valence-electron chi connectivity index (χ2n) is 9.12. The first kappa shape index (κ1) is 28.8. The number of hydrogen-bond donors (Lipinski definition) is 1. The molecule has 0 bridgehead atoms. The van der Waals surface area contributed by atoms with Gasteiger partial charge in [-0.2, -0.15) is 0 Å². The fraction of sp³-hybridized carbons (Fsp3) is 0.346. The van der Waals surface area contributed by atoms with Gasteiger partial charge in [-0.1, -0.05) is 32.9 Å². The van der Waals surface area contributed by atoms with Gasteiger partial charge in [-0.25, -0.2) is 4.79 Å². The Labute approximate surface area is 213 Å². The Bertz CT molecular complexity index is 1180. The molecule has 2 rings (SSSR count). The Balaban J connectivity index is 1.75. The lowest BCUT2D eigenvalue weighted by molar-refractivity contribution is -0.384. The fourth-order valence-corrected chi connectivity index (χ4v) is 2.83. The summed E-state index contributed by atoms with van der Waals surface area (Å²) in [7, 11) is 0. The molecule has 2 aromatic carbocycles. The molecule has 0 aliphatic rings. The van der Waals surface area contributed by atoms with Crippen molar-refractivity contribution >= 4 is 40.8 Å². The number of Topliss-reactive ketones (excluding diaryl/α,β-unsaturated/α-hetero) is 2. The normalized spacial score (nSPS) is 10.8. The van der Waals surface area contributed by atoms with Crippen molar-refractivity contribution in [3.8, 4) is 0 Å². The summed E-state index contributed by atoms with van der Waals surface area (Å²) in [6.07, 6.45) is 0.272. The lowest BCUT2D eigenvalue weighted by atomic mass is 9.91. The molecule has 37 heavy (non-hydrogen) atoms. The molecule has 0 spiro atoms. The summed E-state index contributed by atoms with van der Waals surface area (Å²) in [5, 5.41) is 13.5. The molecule has 0 heterocycles. The highest BCUT2D eigenvalue weighted by Crippen LogP contribution is 2.16. The molecule has 1 amide bonds. The van der Waals surface area contributed by atoms with Crippen LogP contribution in [0.2, 0.25) is 0 Å². The van der Waals surface area contributed by atoms with Gasteiger partial charge < -0.3 is 14.8 Å². The molecule has 11 heteroatoms. The number of non-ortho nitro benzene ring substituents is 1. The van der Waals surface area contributed by atoms with E-state index in [1.165, 1.54) is 42.5 Å². The summed E-state index contributed by atoms with van der Waals surface area (Å²) in [4.78, 5) is 70.2. The molecule has 1 N–H and O–H groups in total. The predicted octanol–water partition coefficient (Wildman–Crippen LogP) is 3.90. The molecule has 0 atom stereocenters. The SMILES string of the molecule is CC(C)(C)C(=O)COC(=O)CCCC(=O)Nc1ccc(C(=O)OCC(=O)c2cccc([N+](=O)[O-])c2)cc1. The summed E-state index contributed by atoms with van der Waals surface area (Å²) in [6.45, 7) is 4.30. The van der Waals surface area contributed by atoms with Crippen LogP contribution in [0.5, 0.6) is 0 Å². The largest absolute Gasteiger partial charge is 0.458 e. The van der Waals surface area contributed by atoms with Crippen LogP contribution in [0.15, 0.2) is 48.5 Å². The zero-order chi connectivity index (χ0) is 27.6. The van der Waals surface area contributed by atoms with Gasteiger partial charge >= 0.3 is 11.9 Å². The Hall–Kier alpha value is -4.41. The molecule has 0 fully saturated rings. The number of anilines is 1. The molecule has 11 nitrogen and oxygen atoms in total. The average molecular weight is 513 g/mol. The number of nitrogens with one attached hydrogen (secondary N) is 1. The maximum atomic E-state index is 12.2. The van der Waals surface area contributed by atoms with Crippen LogP contribution in [-0.2, 0) is 23.9 Å². The molecule has 0 aliphatic carbocycles. The summed E-state index contributed by atoms with van der Waals surface area (Å²) >= 11 is 0. The van der Waals surface area contributed by atoms with E-state index in [0.29, 0.717) is 5.69 Å². The maximum Gasteiger partial charge on any atom is 0.338 e. The Morgan fingerprint density at radius 2 is 1.57 bits per heavy atom. The first-order chi connectivity index (χ1) is 17.4. The van der Waals surface area contributed by atoms with E-state index in [-0.39, 0.29) is 54.4 Å². The van der Waals surface area contributed by atoms with Gasteiger partial charge in [-0.15, -0.1) is 0 Å². The van der Waals surface area contributed by atoms with Crippen molar-refractivity contribution in [2.75, 3.05) is 18.5 Å². The highest BCUT2D eigenvalue weighted by atomic mass is 16.6. The van der Waals surface area contributed by atoms with Gasteiger partial charge in [-0.05, 0) is 30.7 Å². The van der Waals surface area contributed by atoms with Crippen molar-refractivity contribution in [3.63, 3.8) is 0 Å². The minimum absolute atomic E-state index is 0.00926. The zero-order valence-electron chi connectivity index (χ0n) is 20.8. The molecule has 2 aromatic rings. The highest BCUT2D eigenvalue weighted by Gasteiger charge is 2.22. The molecular formula is C26H28N2O9. The standard InChI is InChI=1S/C26H28N2O9/c1-26(2,3)22(30)16-36-24(32)9-5-8-23(31)27-19-12-10-17(11-13-19)25(33)37-15-21(29)18-6-4-7-20(14-18)28(34)35/h4,6-7,10-14H,5,8-9,15-16H2,1-3H3,(H,27,31). The second-order valence-corrected chi connectivity index (χ2v) is 9.12. The molecule has 0 unspecified atom stereocenters. The van der Waals surface area contributed by atoms with Crippen molar-refractivity contribution in [3.05, 3.63) is 69.8 Å². The van der Waals surface area contributed by atoms with Crippen LogP contribution in [0.4, 0.5) is 11.4 Å². The number of ketones is 2. The maximum absolute atomic E-state index is 12.2. The van der Waals surface area contributed by atoms with Crippen LogP contribution >= 0.6 is 0 Å². The van der Waals surface area contributed by atoms with E-state index in [9.17, 15) is 34.1 Å². The Kier molecular flexibility index (Phi) is 10.2. The number of ether oxygens (including phenoxy) is 2. The van der Waals surface area contributed by atoms with Gasteiger partial charge in [0.2, 0.25) is 11.7 Å². The monoisotopic (exact) mass is 512 g/mol. The van der Waals surface area contributed by atoms with Gasteiger partial charge in [0.05, 0.1) is 10.5 Å². The van der Waals surface area contributed by atoms with Crippen LogP contribution in [0, 0.1) is 15.5 Å². The van der Waals surface area contributed by atoms with Crippen LogP contribution in [0.1, 0.15) is 60.7 Å². The minimum Gasteiger partial charge on any atom is -0.458 e. The number of amides is 1. The van der Waals surface area contributed by atoms with Gasteiger partial charge in [-0.3, -0.25) is 29.3 Å². The van der Waals surface area contributed by atoms with Gasteiger partial charge in [0.15, 0.2) is 19.0 Å². The van der Waals surface area contributed by atoms with Crippen LogP contribution in [-0.4, -0.2) is 47.5 Å². The smallest absolute Gasteiger partial charge is 0.338 e. The lowest BCUT2D eigenvalue weighted by Crippen LogP contribution is -2.26. The van der Waals surface area contributed by atoms with Gasteiger partial charge in [0.1, 0.15) is 0 Å². The van der Waals surface area contributed by atoms with E-state index in [0.717, 1.165) is 6.07 Å². The Morgan fingerprint density at radius 1 is 0.892 bits per heavy atom. The lowest BCUT2D eigenvalue weighted by Gasteiger charge is -2.16. The zero-order valence-corrected chi connectivity index (χ0v) is 20.8. The number of esters is 2. The Morgan fingerprint density at radius 3 is 2.19 bits per heavy atom. The summed E-state index contributed by atoms with van der Waals surface area (Å²) in [5.41, 5.74) is -0.254. The van der Waals surface area contributed by atoms with E-state index >= 15 is 0 Å². The number of hydrogen-bond acceptors (Lipinski definition) is 9. The number of carbonyl (C=O) groups is 5. The van der Waals surface area contributed by atoms with E-state index in [2.05, 4.69) is 5.32 Å². The summed E-state index contributed by atoms with van der Waals surface area (Å²) < 4.78 is 9.91. The predicted molar refractivity (Wildman–Crippen MR) is 132 cm³/mol. The van der Waals surface area contributed by atoms with Crippen molar-refractivity contribution in [1.82, 2.24) is 0 Å². The van der Waals surface area contributed by atoms with E-state index in [4.69, 9.17) is 9.47 Å². The third kappa shape index (κ3) is 9.63. The molecule has 0 saturated heterocycles. The number of benzene rings is 2. The van der Waals surface area contributed by atoms with Crippen LogP contribution < -0.4 is 5.32 Å². The van der Waals surface area contributed by atoms with Crippen molar-refractivity contribution in [2.45, 2.75) is 40.0 Å². The van der Waals surface area contributed by atoms with Crippen molar-refractivity contribution in [1.29, 1.82) is 0 Å². The molecule has 0 saturated carbocycles. The third-order valence-corrected chi connectivity index (χ3v) is 5.10. The number of nitrogens with zero attached hydrogens (tertiary/aromatic N) is 1. The van der Waals surface area contributed by atoms with Gasteiger partial charge in [0, 0.05) is 41.6 Å². The number of nitro benzene ring substituents is 1. The molecule has 0 aromatic heterocycles.